The molecule has 0 bridgehead atoms. The van der Waals surface area contributed by atoms with Gasteiger partial charge in [0, 0.05) is 35.4 Å². The third-order valence-corrected chi connectivity index (χ3v) is 7.60. The molecule has 0 aliphatic heterocycles. The molecule has 210 valence electrons. The van der Waals surface area contributed by atoms with Gasteiger partial charge in [-0.15, -0.1) is 0 Å². The Kier molecular flexibility index (Phi) is 8.56. The van der Waals surface area contributed by atoms with Crippen molar-refractivity contribution in [2.24, 2.45) is 0 Å². The molecular weight excluding hydrogens is 538 g/mol. The van der Waals surface area contributed by atoms with Crippen molar-refractivity contribution in [3.8, 4) is 16.9 Å². The summed E-state index contributed by atoms with van der Waals surface area (Å²) < 4.78 is 63.4. The molecule has 1 saturated carbocycles. The highest BCUT2D eigenvalue weighted by Gasteiger charge is 2.35. The Balaban J connectivity index is 1.92. The van der Waals surface area contributed by atoms with Gasteiger partial charge in [0.2, 0.25) is 0 Å². The van der Waals surface area contributed by atoms with Crippen molar-refractivity contribution in [2.75, 3.05) is 7.11 Å². The van der Waals surface area contributed by atoms with E-state index in [1.54, 1.807) is 18.2 Å². The van der Waals surface area contributed by atoms with Crippen LogP contribution in [-0.2, 0) is 19.3 Å². The van der Waals surface area contributed by atoms with Crippen molar-refractivity contribution in [2.45, 2.75) is 70.9 Å². The second-order valence-corrected chi connectivity index (χ2v) is 10.3. The minimum Gasteiger partial charge on any atom is -0.495 e. The summed E-state index contributed by atoms with van der Waals surface area (Å²) in [6.07, 6.45) is -0.707. The number of hydrogen-bond acceptors (Lipinski definition) is 4. The van der Waals surface area contributed by atoms with Crippen molar-refractivity contribution >= 4 is 11.6 Å². The number of nitrogens with zero attached hydrogens (tertiary/aromatic N) is 2. The van der Waals surface area contributed by atoms with Crippen LogP contribution in [0, 0.1) is 12.7 Å². The van der Waals surface area contributed by atoms with Gasteiger partial charge >= 0.3 is 11.9 Å². The van der Waals surface area contributed by atoms with Crippen molar-refractivity contribution in [3.05, 3.63) is 84.9 Å². The predicted molar refractivity (Wildman–Crippen MR) is 142 cm³/mol. The molecule has 1 atom stereocenters. The fourth-order valence-corrected chi connectivity index (χ4v) is 5.58. The average Bonchev–Trinajstić information content (AvgIpc) is 3.38. The monoisotopic (exact) mass is 567 g/mol. The van der Waals surface area contributed by atoms with Gasteiger partial charge in [0.05, 0.1) is 29.8 Å². The fourth-order valence-electron chi connectivity index (χ4n) is 5.28. The maximum Gasteiger partial charge on any atom is 0.416 e. The number of benzene rings is 2. The maximum absolute atomic E-state index is 14.8. The van der Waals surface area contributed by atoms with Crippen LogP contribution in [0.2, 0.25) is 5.02 Å². The first kappa shape index (κ1) is 28.9. The van der Waals surface area contributed by atoms with Crippen LogP contribution < -0.4 is 21.3 Å². The number of alkyl halides is 3. The van der Waals surface area contributed by atoms with Gasteiger partial charge in [-0.3, -0.25) is 13.9 Å². The van der Waals surface area contributed by atoms with Crippen LogP contribution in [0.25, 0.3) is 11.1 Å². The molecule has 0 unspecified atom stereocenters. The Morgan fingerprint density at radius 2 is 1.77 bits per heavy atom. The molecule has 0 saturated heterocycles. The van der Waals surface area contributed by atoms with Gasteiger partial charge in [0.25, 0.3) is 5.56 Å². The minimum atomic E-state index is -4.85. The lowest BCUT2D eigenvalue weighted by Crippen LogP contribution is -2.47. The summed E-state index contributed by atoms with van der Waals surface area (Å²) in [5.41, 5.74) is -3.03. The summed E-state index contributed by atoms with van der Waals surface area (Å²) in [6, 6.07) is 7.39. The Morgan fingerprint density at radius 1 is 1.10 bits per heavy atom. The fraction of sp³-hybridized carbons (Fsp3) is 0.429. The first-order valence-corrected chi connectivity index (χ1v) is 13.1. The third-order valence-electron chi connectivity index (χ3n) is 7.21. The Hall–Kier alpha value is -3.11. The quantitative estimate of drug-likeness (QED) is 0.351. The van der Waals surface area contributed by atoms with Crippen LogP contribution in [0.5, 0.6) is 5.75 Å². The summed E-state index contributed by atoms with van der Waals surface area (Å²) in [5, 5.41) is 3.54. The normalized spacial score (nSPS) is 15.1. The molecule has 1 heterocycles. The summed E-state index contributed by atoms with van der Waals surface area (Å²) >= 11 is 6.54. The van der Waals surface area contributed by atoms with Crippen LogP contribution in [0.1, 0.15) is 49.4 Å². The highest BCUT2D eigenvalue weighted by Crippen LogP contribution is 2.36. The predicted octanol–water partition coefficient (Wildman–Crippen LogP) is 5.77. The second kappa shape index (κ2) is 11.6. The molecule has 6 nitrogen and oxygen atoms in total. The van der Waals surface area contributed by atoms with Gasteiger partial charge in [-0.25, -0.2) is 9.18 Å². The van der Waals surface area contributed by atoms with Gasteiger partial charge in [0.1, 0.15) is 11.6 Å². The van der Waals surface area contributed by atoms with E-state index in [0.717, 1.165) is 53.0 Å². The van der Waals surface area contributed by atoms with Crippen LogP contribution in [0.15, 0.2) is 46.0 Å². The Labute approximate surface area is 228 Å². The standard InChI is InChI=1S/C28H30ClF4N3O3/c1-16(34-18-8-4-5-9-18)14-36-26(37)24(19-10-6-13-23(39-3)25(19)29)17(2)35(27(36)38)15-20-21(28(31,32)33)11-7-12-22(20)30/h6-7,10-13,16,18,34H,4-5,8-9,14-15H2,1-3H3/t16-/m1/s1. The first-order chi connectivity index (χ1) is 18.4. The van der Waals surface area contributed by atoms with Crippen LogP contribution in [-0.4, -0.2) is 28.3 Å². The molecule has 11 heteroatoms. The lowest BCUT2D eigenvalue weighted by molar-refractivity contribution is -0.138. The minimum absolute atomic E-state index is 0.0245. The molecular formula is C28H30ClF4N3O3. The van der Waals surface area contributed by atoms with Crippen molar-refractivity contribution in [3.63, 3.8) is 0 Å². The summed E-state index contributed by atoms with van der Waals surface area (Å²) in [5.74, 6) is -0.826. The van der Waals surface area contributed by atoms with Crippen molar-refractivity contribution in [1.29, 1.82) is 0 Å². The van der Waals surface area contributed by atoms with Gasteiger partial charge in [0.15, 0.2) is 0 Å². The number of rotatable bonds is 8. The van der Waals surface area contributed by atoms with E-state index in [1.807, 2.05) is 6.92 Å². The highest BCUT2D eigenvalue weighted by atomic mass is 35.5. The van der Waals surface area contributed by atoms with Crippen molar-refractivity contribution in [1.82, 2.24) is 14.5 Å². The average molecular weight is 568 g/mol. The SMILES string of the molecule is COc1cccc(-c2c(C)n(Cc3c(F)cccc3C(F)(F)F)c(=O)n(C[C@@H](C)NC3CCCC3)c2=O)c1Cl. The molecule has 0 amide bonds. The van der Waals surface area contributed by atoms with Gasteiger partial charge in [-0.2, -0.15) is 13.2 Å². The number of ether oxygens (including phenoxy) is 1. The topological polar surface area (TPSA) is 65.3 Å². The molecule has 1 fully saturated rings. The van der Waals surface area contributed by atoms with E-state index in [4.69, 9.17) is 16.3 Å². The number of methoxy groups -OCH3 is 1. The van der Waals surface area contributed by atoms with Gasteiger partial charge < -0.3 is 10.1 Å². The van der Waals surface area contributed by atoms with E-state index in [2.05, 4.69) is 5.32 Å². The van der Waals surface area contributed by atoms with Crippen LogP contribution in [0.3, 0.4) is 0 Å². The molecule has 3 aromatic rings. The molecule has 1 aromatic heterocycles. The molecule has 39 heavy (non-hydrogen) atoms. The largest absolute Gasteiger partial charge is 0.495 e. The van der Waals surface area contributed by atoms with Crippen LogP contribution in [0.4, 0.5) is 17.6 Å². The van der Waals surface area contributed by atoms with E-state index < -0.39 is 40.9 Å². The molecule has 1 N–H and O–H groups in total. The smallest absolute Gasteiger partial charge is 0.416 e. The zero-order chi connectivity index (χ0) is 28.5. The number of halogens is 5. The molecule has 0 spiro atoms. The molecule has 2 aromatic carbocycles. The van der Waals surface area contributed by atoms with Crippen LogP contribution >= 0.6 is 11.6 Å². The van der Waals surface area contributed by atoms with E-state index in [1.165, 1.54) is 14.0 Å². The lowest BCUT2D eigenvalue weighted by Gasteiger charge is -2.23. The number of aromatic nitrogens is 2. The zero-order valence-electron chi connectivity index (χ0n) is 21.9. The highest BCUT2D eigenvalue weighted by molar-refractivity contribution is 6.34. The van der Waals surface area contributed by atoms with Gasteiger partial charge in [-0.05, 0) is 44.9 Å². The summed E-state index contributed by atoms with van der Waals surface area (Å²) in [6.45, 7) is 2.51. The molecule has 1 aliphatic rings. The van der Waals surface area contributed by atoms with Crippen molar-refractivity contribution < 1.29 is 22.3 Å². The van der Waals surface area contributed by atoms with E-state index in [0.29, 0.717) is 0 Å². The Bertz CT molecular complexity index is 1480. The molecule has 1 aliphatic carbocycles. The maximum atomic E-state index is 14.8. The number of hydrogen-bond donors (Lipinski definition) is 1. The molecule has 4 rings (SSSR count). The second-order valence-electron chi connectivity index (χ2n) is 9.88. The summed E-state index contributed by atoms with van der Waals surface area (Å²) in [4.78, 5) is 27.5. The molecule has 0 radical (unpaired) electrons. The Morgan fingerprint density at radius 3 is 2.41 bits per heavy atom. The van der Waals surface area contributed by atoms with E-state index in [-0.39, 0.29) is 46.2 Å². The zero-order valence-corrected chi connectivity index (χ0v) is 22.6. The third kappa shape index (κ3) is 5.91. The lowest BCUT2D eigenvalue weighted by atomic mass is 10.0. The van der Waals surface area contributed by atoms with E-state index >= 15 is 0 Å². The van der Waals surface area contributed by atoms with E-state index in [9.17, 15) is 27.2 Å². The number of nitrogens with one attached hydrogen (secondary N) is 1. The van der Waals surface area contributed by atoms with Gasteiger partial charge in [-0.1, -0.05) is 42.6 Å². The first-order valence-electron chi connectivity index (χ1n) is 12.7. The summed E-state index contributed by atoms with van der Waals surface area (Å²) in [7, 11) is 1.41.